The molecule has 224 valence electrons. The fraction of sp³-hybridized carbons (Fsp3) is 0.639. The molecule has 2 atom stereocenters. The van der Waals surface area contributed by atoms with Gasteiger partial charge in [0.2, 0.25) is 0 Å². The van der Waals surface area contributed by atoms with E-state index in [9.17, 15) is 4.79 Å². The first-order valence-electron chi connectivity index (χ1n) is 16.1. The lowest BCUT2D eigenvalue weighted by molar-refractivity contribution is -0.905. The minimum Gasteiger partial charge on any atom is -0.487 e. The Morgan fingerprint density at radius 1 is 0.750 bits per heavy atom. The lowest BCUT2D eigenvalue weighted by atomic mass is 10.0. The molecular formula is C36H58NO3+. The van der Waals surface area contributed by atoms with Gasteiger partial charge in [-0.25, -0.2) is 0 Å². The Morgan fingerprint density at radius 3 is 1.90 bits per heavy atom. The maximum Gasteiger partial charge on any atom is 0.314 e. The number of unbranched alkanes of at least 4 members (excludes halogenated alkanes) is 10. The van der Waals surface area contributed by atoms with Crippen LogP contribution in [0.1, 0.15) is 109 Å². The number of quaternary nitrogens is 1. The monoisotopic (exact) mass is 552 g/mol. The third-order valence-electron chi connectivity index (χ3n) is 7.79. The number of benzene rings is 2. The number of hydrogen-bond acceptors (Lipinski definition) is 3. The molecule has 0 bridgehead atoms. The van der Waals surface area contributed by atoms with Crippen molar-refractivity contribution < 1.29 is 18.8 Å². The van der Waals surface area contributed by atoms with Gasteiger partial charge in [0, 0.05) is 5.56 Å². The van der Waals surface area contributed by atoms with Gasteiger partial charge in [0.15, 0.2) is 0 Å². The van der Waals surface area contributed by atoms with Gasteiger partial charge in [-0.1, -0.05) is 121 Å². The highest BCUT2D eigenvalue weighted by atomic mass is 16.6. The van der Waals surface area contributed by atoms with Crippen LogP contribution in [0.15, 0.2) is 54.6 Å². The molecule has 0 amide bonds. The normalized spacial score (nSPS) is 13.1. The van der Waals surface area contributed by atoms with Gasteiger partial charge in [-0.2, -0.15) is 0 Å². The van der Waals surface area contributed by atoms with E-state index in [1.165, 1.54) is 81.8 Å². The molecule has 4 heteroatoms. The quantitative estimate of drug-likeness (QED) is 0.0830. The minimum absolute atomic E-state index is 0.138. The molecule has 0 spiro atoms. The third kappa shape index (κ3) is 14.9. The first-order valence-corrected chi connectivity index (χ1v) is 16.1. The molecular weight excluding hydrogens is 494 g/mol. The van der Waals surface area contributed by atoms with Crippen molar-refractivity contribution in [3.63, 3.8) is 0 Å². The molecule has 0 N–H and O–H groups in total. The Hall–Kier alpha value is -2.33. The SMILES string of the molecule is CCCCCCCCCCCCCc1ccc(OC(CC)COC(=O)C(C)C[N+](C)(C)Cc2ccccc2)cc1. The number of carbonyl (C=O) groups excluding carboxylic acids is 1. The summed E-state index contributed by atoms with van der Waals surface area (Å²) in [4.78, 5) is 12.8. The number of esters is 1. The standard InChI is InChI=1S/C36H58NO3/c1-6-8-9-10-11-12-13-14-15-16-18-21-32-24-26-35(27-25-32)40-34(7-2)30-39-36(38)31(3)28-37(4,5)29-33-22-19-17-20-23-33/h17,19-20,22-27,31,34H,6-16,18,21,28-30H2,1-5H3/q+1. The molecule has 0 heterocycles. The fourth-order valence-corrected chi connectivity index (χ4v) is 5.43. The van der Waals surface area contributed by atoms with Gasteiger partial charge in [-0.3, -0.25) is 4.79 Å². The zero-order valence-corrected chi connectivity index (χ0v) is 26.3. The summed E-state index contributed by atoms with van der Waals surface area (Å²) >= 11 is 0. The first-order chi connectivity index (χ1) is 19.3. The van der Waals surface area contributed by atoms with Gasteiger partial charge in [0.1, 0.15) is 30.9 Å². The third-order valence-corrected chi connectivity index (χ3v) is 7.79. The predicted molar refractivity (Wildman–Crippen MR) is 169 cm³/mol. The average molecular weight is 553 g/mol. The molecule has 0 aliphatic heterocycles. The number of carbonyl (C=O) groups is 1. The van der Waals surface area contributed by atoms with Crippen LogP contribution in [0.25, 0.3) is 0 Å². The van der Waals surface area contributed by atoms with E-state index in [4.69, 9.17) is 9.47 Å². The molecule has 0 saturated carbocycles. The summed E-state index contributed by atoms with van der Waals surface area (Å²) in [5, 5.41) is 0. The Labute approximate surface area is 246 Å². The lowest BCUT2D eigenvalue weighted by Gasteiger charge is -2.32. The summed E-state index contributed by atoms with van der Waals surface area (Å²) in [6, 6.07) is 18.9. The van der Waals surface area contributed by atoms with Crippen LogP contribution >= 0.6 is 0 Å². The maximum absolute atomic E-state index is 12.8. The van der Waals surface area contributed by atoms with Crippen LogP contribution in [0.3, 0.4) is 0 Å². The van der Waals surface area contributed by atoms with Crippen LogP contribution in [-0.4, -0.2) is 43.8 Å². The van der Waals surface area contributed by atoms with Crippen LogP contribution in [0.4, 0.5) is 0 Å². The van der Waals surface area contributed by atoms with Crippen molar-refractivity contribution in [1.82, 2.24) is 0 Å². The number of hydrogen-bond donors (Lipinski definition) is 0. The Morgan fingerprint density at radius 2 is 1.32 bits per heavy atom. The van der Waals surface area contributed by atoms with Crippen LogP contribution in [0, 0.1) is 5.92 Å². The van der Waals surface area contributed by atoms with Crippen molar-refractivity contribution in [2.45, 2.75) is 117 Å². The topological polar surface area (TPSA) is 35.5 Å². The highest BCUT2D eigenvalue weighted by molar-refractivity contribution is 5.72. The fourth-order valence-electron chi connectivity index (χ4n) is 5.43. The van der Waals surface area contributed by atoms with Crippen molar-refractivity contribution in [2.24, 2.45) is 5.92 Å². The van der Waals surface area contributed by atoms with Gasteiger partial charge in [0.25, 0.3) is 0 Å². The highest BCUT2D eigenvalue weighted by Crippen LogP contribution is 2.19. The minimum atomic E-state index is -0.175. The Balaban J connectivity index is 1.62. The predicted octanol–water partition coefficient (Wildman–Crippen LogP) is 9.15. The Bertz CT molecular complexity index is 909. The van der Waals surface area contributed by atoms with E-state index in [0.717, 1.165) is 36.2 Å². The first kappa shape index (κ1) is 33.9. The average Bonchev–Trinajstić information content (AvgIpc) is 2.94. The van der Waals surface area contributed by atoms with Crippen LogP contribution in [-0.2, 0) is 22.5 Å². The van der Waals surface area contributed by atoms with E-state index in [1.54, 1.807) is 0 Å². The molecule has 2 rings (SSSR count). The zero-order valence-electron chi connectivity index (χ0n) is 26.3. The molecule has 4 nitrogen and oxygen atoms in total. The van der Waals surface area contributed by atoms with Crippen molar-refractivity contribution in [3.05, 3.63) is 65.7 Å². The summed E-state index contributed by atoms with van der Waals surface area (Å²) in [6.45, 7) is 8.21. The molecule has 40 heavy (non-hydrogen) atoms. The second-order valence-corrected chi connectivity index (χ2v) is 12.4. The van der Waals surface area contributed by atoms with Crippen LogP contribution < -0.4 is 4.74 Å². The number of rotatable bonds is 22. The van der Waals surface area contributed by atoms with E-state index < -0.39 is 0 Å². The van der Waals surface area contributed by atoms with Crippen molar-refractivity contribution in [3.8, 4) is 5.75 Å². The van der Waals surface area contributed by atoms with E-state index in [2.05, 4.69) is 76.5 Å². The number of aryl methyl sites for hydroxylation is 1. The van der Waals surface area contributed by atoms with E-state index in [0.29, 0.717) is 0 Å². The van der Waals surface area contributed by atoms with E-state index in [-0.39, 0.29) is 24.6 Å². The van der Waals surface area contributed by atoms with Gasteiger partial charge in [-0.15, -0.1) is 0 Å². The Kier molecular flexibility index (Phi) is 16.7. The summed E-state index contributed by atoms with van der Waals surface area (Å²) in [5.41, 5.74) is 2.64. The second kappa shape index (κ2) is 19.7. The second-order valence-electron chi connectivity index (χ2n) is 12.4. The number of ether oxygens (including phenoxy) is 2. The lowest BCUT2D eigenvalue weighted by Crippen LogP contribution is -2.44. The van der Waals surface area contributed by atoms with Crippen molar-refractivity contribution in [2.75, 3.05) is 27.2 Å². The van der Waals surface area contributed by atoms with Crippen molar-refractivity contribution in [1.29, 1.82) is 0 Å². The maximum atomic E-state index is 12.8. The van der Waals surface area contributed by atoms with Gasteiger partial charge in [0.05, 0.1) is 20.6 Å². The smallest absolute Gasteiger partial charge is 0.314 e. The molecule has 0 radical (unpaired) electrons. The van der Waals surface area contributed by atoms with E-state index in [1.807, 2.05) is 13.0 Å². The van der Waals surface area contributed by atoms with Crippen LogP contribution in [0.2, 0.25) is 0 Å². The summed E-state index contributed by atoms with van der Waals surface area (Å²) in [7, 11) is 4.32. The van der Waals surface area contributed by atoms with Gasteiger partial charge >= 0.3 is 5.97 Å². The van der Waals surface area contributed by atoms with Gasteiger partial charge in [-0.05, 0) is 43.9 Å². The summed E-state index contributed by atoms with van der Waals surface area (Å²) in [5.74, 6) is 0.522. The molecule has 2 aromatic carbocycles. The van der Waals surface area contributed by atoms with Crippen LogP contribution in [0.5, 0.6) is 5.75 Å². The highest BCUT2D eigenvalue weighted by Gasteiger charge is 2.26. The molecule has 0 saturated heterocycles. The largest absolute Gasteiger partial charge is 0.487 e. The zero-order chi connectivity index (χ0) is 29.1. The molecule has 2 aromatic rings. The van der Waals surface area contributed by atoms with Gasteiger partial charge < -0.3 is 14.0 Å². The summed E-state index contributed by atoms with van der Waals surface area (Å²) in [6.07, 6.45) is 16.9. The molecule has 2 unspecified atom stereocenters. The molecule has 0 fully saturated rings. The van der Waals surface area contributed by atoms with Crippen molar-refractivity contribution >= 4 is 5.97 Å². The van der Waals surface area contributed by atoms with E-state index >= 15 is 0 Å². The molecule has 0 aliphatic rings. The number of nitrogens with zero attached hydrogens (tertiary/aromatic N) is 1. The molecule has 0 aliphatic carbocycles. The molecule has 0 aromatic heterocycles. The summed E-state index contributed by atoms with van der Waals surface area (Å²) < 4.78 is 12.6.